The molecule has 5 rings (SSSR count). The van der Waals surface area contributed by atoms with E-state index in [-0.39, 0.29) is 0 Å². The monoisotopic (exact) mass is 311 g/mol. The summed E-state index contributed by atoms with van der Waals surface area (Å²) < 4.78 is 7.84. The Morgan fingerprint density at radius 1 is 0.708 bits per heavy atom. The van der Waals surface area contributed by atoms with E-state index in [1.165, 1.54) is 43.7 Å². The van der Waals surface area contributed by atoms with Crippen molar-refractivity contribution in [3.8, 4) is 5.75 Å². The van der Waals surface area contributed by atoms with Crippen LogP contribution in [0.1, 0.15) is 5.56 Å². The normalized spacial score (nSPS) is 11.8. The fourth-order valence-corrected chi connectivity index (χ4v) is 3.77. The molecule has 3 aromatic carbocycles. The smallest absolute Gasteiger partial charge is 0.119 e. The molecule has 0 aliphatic heterocycles. The van der Waals surface area contributed by atoms with Gasteiger partial charge in [-0.05, 0) is 54.8 Å². The molecule has 0 aliphatic rings. The number of para-hydroxylation sites is 1. The zero-order chi connectivity index (χ0) is 16.3. The Morgan fingerprint density at radius 3 is 2.46 bits per heavy atom. The number of pyridine rings is 1. The Labute approximate surface area is 139 Å². The minimum atomic E-state index is 0.894. The van der Waals surface area contributed by atoms with Crippen molar-refractivity contribution in [2.75, 3.05) is 7.11 Å². The third-order valence-electron chi connectivity index (χ3n) is 4.90. The number of rotatable bonds is 1. The van der Waals surface area contributed by atoms with Gasteiger partial charge in [-0.1, -0.05) is 29.8 Å². The second-order valence-corrected chi connectivity index (χ2v) is 6.36. The first-order valence-electron chi connectivity index (χ1n) is 8.16. The maximum atomic E-state index is 5.47. The highest BCUT2D eigenvalue weighted by Gasteiger charge is 2.12. The Hall–Kier alpha value is -3.00. The SMILES string of the molecule is COc1ccc2c(c1)c1cc(C)ccc1n1c3ccccc3cc21. The molecule has 2 aromatic heterocycles. The van der Waals surface area contributed by atoms with Crippen LogP contribution in [0.25, 0.3) is 38.1 Å². The van der Waals surface area contributed by atoms with Gasteiger partial charge in [-0.2, -0.15) is 0 Å². The molecule has 0 saturated carbocycles. The quantitative estimate of drug-likeness (QED) is 0.361. The van der Waals surface area contributed by atoms with Gasteiger partial charge in [-0.3, -0.25) is 0 Å². The molecule has 2 heteroatoms. The summed E-state index contributed by atoms with van der Waals surface area (Å²) in [6.45, 7) is 2.14. The van der Waals surface area contributed by atoms with E-state index in [1.807, 2.05) is 6.07 Å². The highest BCUT2D eigenvalue weighted by molar-refractivity contribution is 6.16. The van der Waals surface area contributed by atoms with Gasteiger partial charge < -0.3 is 9.14 Å². The molecule has 0 radical (unpaired) electrons. The molecule has 2 heterocycles. The van der Waals surface area contributed by atoms with Crippen LogP contribution in [0.4, 0.5) is 0 Å². The largest absolute Gasteiger partial charge is 0.497 e. The highest BCUT2D eigenvalue weighted by atomic mass is 16.5. The summed E-state index contributed by atoms with van der Waals surface area (Å²) in [4.78, 5) is 0. The van der Waals surface area contributed by atoms with Gasteiger partial charge in [-0.15, -0.1) is 0 Å². The van der Waals surface area contributed by atoms with Gasteiger partial charge in [0.1, 0.15) is 5.75 Å². The highest BCUT2D eigenvalue weighted by Crippen LogP contribution is 2.35. The fourth-order valence-electron chi connectivity index (χ4n) is 3.77. The van der Waals surface area contributed by atoms with Crippen molar-refractivity contribution < 1.29 is 4.74 Å². The van der Waals surface area contributed by atoms with Gasteiger partial charge in [0, 0.05) is 16.2 Å². The molecular formula is C22H17NO. The molecule has 24 heavy (non-hydrogen) atoms. The van der Waals surface area contributed by atoms with E-state index in [2.05, 4.69) is 72.0 Å². The summed E-state index contributed by atoms with van der Waals surface area (Å²) >= 11 is 0. The molecule has 0 bridgehead atoms. The topological polar surface area (TPSA) is 13.6 Å². The molecule has 0 amide bonds. The molecule has 2 nitrogen and oxygen atoms in total. The maximum absolute atomic E-state index is 5.47. The molecule has 0 unspecified atom stereocenters. The number of benzene rings is 3. The lowest BCUT2D eigenvalue weighted by Gasteiger charge is -2.12. The number of hydrogen-bond acceptors (Lipinski definition) is 1. The number of nitrogens with zero attached hydrogens (tertiary/aromatic N) is 1. The van der Waals surface area contributed by atoms with Crippen molar-refractivity contribution in [1.29, 1.82) is 0 Å². The second-order valence-electron chi connectivity index (χ2n) is 6.36. The summed E-state index contributed by atoms with van der Waals surface area (Å²) in [7, 11) is 1.72. The third kappa shape index (κ3) is 1.71. The van der Waals surface area contributed by atoms with E-state index in [1.54, 1.807) is 7.11 Å². The first-order chi connectivity index (χ1) is 11.8. The van der Waals surface area contributed by atoms with Crippen LogP contribution in [0.15, 0.2) is 66.7 Å². The van der Waals surface area contributed by atoms with Crippen LogP contribution in [-0.4, -0.2) is 11.5 Å². The number of aryl methyl sites for hydroxylation is 1. The molecule has 0 saturated heterocycles. The van der Waals surface area contributed by atoms with Crippen molar-refractivity contribution >= 4 is 38.1 Å². The number of hydrogen-bond donors (Lipinski definition) is 0. The van der Waals surface area contributed by atoms with Crippen LogP contribution in [0, 0.1) is 6.92 Å². The Morgan fingerprint density at radius 2 is 1.58 bits per heavy atom. The van der Waals surface area contributed by atoms with Gasteiger partial charge >= 0.3 is 0 Å². The summed E-state index contributed by atoms with van der Waals surface area (Å²) in [6, 6.07) is 23.9. The molecule has 0 fully saturated rings. The Balaban J connectivity index is 2.15. The van der Waals surface area contributed by atoms with Crippen molar-refractivity contribution in [1.82, 2.24) is 4.40 Å². The van der Waals surface area contributed by atoms with Crippen LogP contribution in [0.5, 0.6) is 5.75 Å². The third-order valence-corrected chi connectivity index (χ3v) is 4.90. The van der Waals surface area contributed by atoms with E-state index in [4.69, 9.17) is 4.74 Å². The predicted molar refractivity (Wildman–Crippen MR) is 101 cm³/mol. The first-order valence-corrected chi connectivity index (χ1v) is 8.16. The first kappa shape index (κ1) is 13.4. The van der Waals surface area contributed by atoms with Crippen LogP contribution in [-0.2, 0) is 0 Å². The minimum absolute atomic E-state index is 0.894. The average molecular weight is 311 g/mol. The number of methoxy groups -OCH3 is 1. The molecule has 5 aromatic rings. The van der Waals surface area contributed by atoms with Crippen LogP contribution >= 0.6 is 0 Å². The van der Waals surface area contributed by atoms with Crippen LogP contribution < -0.4 is 4.74 Å². The lowest BCUT2D eigenvalue weighted by molar-refractivity contribution is 0.415. The van der Waals surface area contributed by atoms with Crippen molar-refractivity contribution in [3.05, 3.63) is 72.3 Å². The van der Waals surface area contributed by atoms with E-state index < -0.39 is 0 Å². The second kappa shape index (κ2) is 4.75. The van der Waals surface area contributed by atoms with Crippen LogP contribution in [0.2, 0.25) is 0 Å². The number of fused-ring (bicyclic) bond motifs is 8. The number of ether oxygens (including phenoxy) is 1. The van der Waals surface area contributed by atoms with Gasteiger partial charge in [0.25, 0.3) is 0 Å². The van der Waals surface area contributed by atoms with Gasteiger partial charge in [-0.25, -0.2) is 0 Å². The standard InChI is InChI=1S/C22H17NO/c1-14-7-10-21-19(11-14)18-13-16(24-2)8-9-17(18)22-12-15-5-3-4-6-20(15)23(21)22/h3-13H,1-2H3. The molecule has 0 N–H and O–H groups in total. The predicted octanol–water partition coefficient (Wildman–Crippen LogP) is 5.72. The summed E-state index contributed by atoms with van der Waals surface area (Å²) in [5.41, 5.74) is 4.99. The Kier molecular flexibility index (Phi) is 2.66. The molecule has 0 atom stereocenters. The number of aromatic nitrogens is 1. The van der Waals surface area contributed by atoms with E-state index >= 15 is 0 Å². The van der Waals surface area contributed by atoms with E-state index in [0.29, 0.717) is 0 Å². The maximum Gasteiger partial charge on any atom is 0.119 e. The molecular weight excluding hydrogens is 294 g/mol. The van der Waals surface area contributed by atoms with Gasteiger partial charge in [0.15, 0.2) is 0 Å². The lowest BCUT2D eigenvalue weighted by Crippen LogP contribution is -1.92. The van der Waals surface area contributed by atoms with Gasteiger partial charge in [0.05, 0.1) is 23.7 Å². The van der Waals surface area contributed by atoms with E-state index in [0.717, 1.165) is 5.75 Å². The summed E-state index contributed by atoms with van der Waals surface area (Å²) in [6.07, 6.45) is 0. The molecule has 0 aliphatic carbocycles. The average Bonchev–Trinajstić information content (AvgIpc) is 3.01. The van der Waals surface area contributed by atoms with Crippen molar-refractivity contribution in [3.63, 3.8) is 0 Å². The van der Waals surface area contributed by atoms with Gasteiger partial charge in [0.2, 0.25) is 0 Å². The zero-order valence-corrected chi connectivity index (χ0v) is 13.7. The van der Waals surface area contributed by atoms with Crippen LogP contribution in [0.3, 0.4) is 0 Å². The zero-order valence-electron chi connectivity index (χ0n) is 13.7. The molecule has 0 spiro atoms. The summed E-state index contributed by atoms with van der Waals surface area (Å²) in [5, 5.41) is 5.02. The summed E-state index contributed by atoms with van der Waals surface area (Å²) in [5.74, 6) is 0.894. The lowest BCUT2D eigenvalue weighted by atomic mass is 10.0. The minimum Gasteiger partial charge on any atom is -0.497 e. The van der Waals surface area contributed by atoms with E-state index in [9.17, 15) is 0 Å². The molecule has 116 valence electrons. The Bertz CT molecular complexity index is 1250. The van der Waals surface area contributed by atoms with Crippen molar-refractivity contribution in [2.24, 2.45) is 0 Å². The van der Waals surface area contributed by atoms with Crippen molar-refractivity contribution in [2.45, 2.75) is 6.92 Å². The fraction of sp³-hybridized carbons (Fsp3) is 0.0909.